The Balaban J connectivity index is 1.76. The number of hydrogen-bond acceptors (Lipinski definition) is 2. The molecule has 0 saturated heterocycles. The summed E-state index contributed by atoms with van der Waals surface area (Å²) in [5, 5.41) is 0. The minimum atomic E-state index is -3.64. The van der Waals surface area contributed by atoms with E-state index in [1.54, 1.807) is 12.1 Å². The van der Waals surface area contributed by atoms with E-state index in [1.807, 2.05) is 73.7 Å². The van der Waals surface area contributed by atoms with Crippen molar-refractivity contribution in [1.82, 2.24) is 4.72 Å². The van der Waals surface area contributed by atoms with Crippen LogP contribution in [-0.2, 0) is 10.0 Å². The molecule has 0 heterocycles. The Morgan fingerprint density at radius 1 is 0.815 bits per heavy atom. The zero-order valence-corrected chi connectivity index (χ0v) is 15.9. The highest BCUT2D eigenvalue weighted by Gasteiger charge is 2.31. The maximum absolute atomic E-state index is 13.1. The highest BCUT2D eigenvalue weighted by atomic mass is 32.2. The van der Waals surface area contributed by atoms with Crippen molar-refractivity contribution in [2.45, 2.75) is 23.8 Å². The molecular weight excluding hydrogens is 354 g/mol. The lowest BCUT2D eigenvalue weighted by Gasteiger charge is -2.31. The summed E-state index contributed by atoms with van der Waals surface area (Å²) in [6, 6.07) is 24.5. The van der Waals surface area contributed by atoms with Gasteiger partial charge in [-0.1, -0.05) is 84.4 Å². The van der Waals surface area contributed by atoms with E-state index < -0.39 is 10.0 Å². The van der Waals surface area contributed by atoms with E-state index in [9.17, 15) is 8.42 Å². The van der Waals surface area contributed by atoms with Gasteiger partial charge in [0.25, 0.3) is 0 Å². The quantitative estimate of drug-likeness (QED) is 0.710. The van der Waals surface area contributed by atoms with Crippen LogP contribution in [0.4, 0.5) is 0 Å². The van der Waals surface area contributed by atoms with Gasteiger partial charge in [0.2, 0.25) is 10.0 Å². The summed E-state index contributed by atoms with van der Waals surface area (Å²) >= 11 is 0. The lowest BCUT2D eigenvalue weighted by molar-refractivity contribution is 0.533. The first-order valence-electron chi connectivity index (χ1n) is 8.96. The van der Waals surface area contributed by atoms with Crippen molar-refractivity contribution in [1.29, 1.82) is 0 Å². The van der Waals surface area contributed by atoms with Gasteiger partial charge >= 0.3 is 0 Å². The molecule has 0 aromatic heterocycles. The predicted octanol–water partition coefficient (Wildman–Crippen LogP) is 4.83. The van der Waals surface area contributed by atoms with Crippen LogP contribution in [0, 0.1) is 6.92 Å². The molecule has 4 heteroatoms. The molecule has 0 fully saturated rings. The Morgan fingerprint density at radius 2 is 1.48 bits per heavy atom. The third-order valence-corrected chi connectivity index (χ3v) is 6.43. The van der Waals surface area contributed by atoms with Gasteiger partial charge in [-0.05, 0) is 35.7 Å². The second-order valence-corrected chi connectivity index (χ2v) is 8.55. The Morgan fingerprint density at radius 3 is 2.22 bits per heavy atom. The van der Waals surface area contributed by atoms with Crippen LogP contribution < -0.4 is 4.72 Å². The van der Waals surface area contributed by atoms with Crippen molar-refractivity contribution in [3.05, 3.63) is 107 Å². The number of benzene rings is 3. The first kappa shape index (κ1) is 17.7. The Bertz CT molecular complexity index is 1070. The third kappa shape index (κ3) is 3.59. The van der Waals surface area contributed by atoms with Crippen molar-refractivity contribution >= 4 is 16.1 Å². The van der Waals surface area contributed by atoms with Gasteiger partial charge in [0, 0.05) is 5.92 Å². The van der Waals surface area contributed by atoms with Crippen molar-refractivity contribution in [3.8, 4) is 0 Å². The fraction of sp³-hybridized carbons (Fsp3) is 0.130. The largest absolute Gasteiger partial charge is 0.241 e. The summed E-state index contributed by atoms with van der Waals surface area (Å²) < 4.78 is 29.1. The molecule has 0 spiro atoms. The SMILES string of the molecule is Cc1ccc(S(=O)(=O)NC2c3ccccc3C=CC2c2ccccc2)cc1. The van der Waals surface area contributed by atoms with Gasteiger partial charge in [-0.3, -0.25) is 0 Å². The van der Waals surface area contributed by atoms with E-state index in [0.717, 1.165) is 22.3 Å². The summed E-state index contributed by atoms with van der Waals surface area (Å²) in [4.78, 5) is 0.284. The second-order valence-electron chi connectivity index (χ2n) is 6.84. The van der Waals surface area contributed by atoms with Crippen molar-refractivity contribution in [2.24, 2.45) is 0 Å². The molecule has 3 aromatic rings. The lowest BCUT2D eigenvalue weighted by Crippen LogP contribution is -2.33. The van der Waals surface area contributed by atoms with E-state index in [0.29, 0.717) is 0 Å². The first-order chi connectivity index (χ1) is 13.0. The highest BCUT2D eigenvalue weighted by Crippen LogP contribution is 2.39. The van der Waals surface area contributed by atoms with Crippen LogP contribution in [0.25, 0.3) is 6.08 Å². The molecular formula is C23H21NO2S. The van der Waals surface area contributed by atoms with Crippen LogP contribution in [0.5, 0.6) is 0 Å². The molecule has 27 heavy (non-hydrogen) atoms. The van der Waals surface area contributed by atoms with Gasteiger partial charge in [-0.2, -0.15) is 0 Å². The Kier molecular flexibility index (Phi) is 4.68. The standard InChI is InChI=1S/C23H21NO2S/c1-17-11-14-20(15-12-17)27(25,26)24-23-21-10-6-5-9-19(21)13-16-22(23)18-7-3-2-4-8-18/h2-16,22-24H,1H3. The Hall–Kier alpha value is -2.69. The van der Waals surface area contributed by atoms with E-state index in [4.69, 9.17) is 0 Å². The number of fused-ring (bicyclic) bond motifs is 1. The highest BCUT2D eigenvalue weighted by molar-refractivity contribution is 7.89. The maximum atomic E-state index is 13.1. The van der Waals surface area contributed by atoms with Gasteiger partial charge in [0.1, 0.15) is 0 Å². The fourth-order valence-corrected chi connectivity index (χ4v) is 4.76. The molecule has 0 amide bonds. The van der Waals surface area contributed by atoms with Crippen LogP contribution >= 0.6 is 0 Å². The number of rotatable bonds is 4. The van der Waals surface area contributed by atoms with Crippen molar-refractivity contribution in [3.63, 3.8) is 0 Å². The molecule has 0 bridgehead atoms. The lowest BCUT2D eigenvalue weighted by atomic mass is 9.81. The molecule has 2 unspecified atom stereocenters. The molecule has 1 aliphatic rings. The summed E-state index contributed by atoms with van der Waals surface area (Å²) in [6.45, 7) is 1.94. The molecule has 1 aliphatic carbocycles. The monoisotopic (exact) mass is 375 g/mol. The molecule has 0 radical (unpaired) electrons. The molecule has 3 aromatic carbocycles. The fourth-order valence-electron chi connectivity index (χ4n) is 3.53. The molecule has 0 aliphatic heterocycles. The van der Waals surface area contributed by atoms with Crippen LogP contribution in [-0.4, -0.2) is 8.42 Å². The van der Waals surface area contributed by atoms with Gasteiger partial charge in [-0.25, -0.2) is 13.1 Å². The van der Waals surface area contributed by atoms with Crippen LogP contribution in [0.1, 0.15) is 34.2 Å². The van der Waals surface area contributed by atoms with Crippen molar-refractivity contribution in [2.75, 3.05) is 0 Å². The number of sulfonamides is 1. The summed E-state index contributed by atoms with van der Waals surface area (Å²) in [7, 11) is -3.64. The van der Waals surface area contributed by atoms with Crippen LogP contribution in [0.3, 0.4) is 0 Å². The third-order valence-electron chi connectivity index (χ3n) is 4.97. The van der Waals surface area contributed by atoms with E-state index in [2.05, 4.69) is 16.9 Å². The van der Waals surface area contributed by atoms with Gasteiger partial charge in [-0.15, -0.1) is 0 Å². The normalized spacial score (nSPS) is 18.9. The van der Waals surface area contributed by atoms with Crippen LogP contribution in [0.15, 0.2) is 89.8 Å². The van der Waals surface area contributed by atoms with Crippen LogP contribution in [0.2, 0.25) is 0 Å². The molecule has 2 atom stereocenters. The molecule has 3 nitrogen and oxygen atoms in total. The van der Waals surface area contributed by atoms with E-state index in [-0.39, 0.29) is 16.9 Å². The zero-order valence-electron chi connectivity index (χ0n) is 15.0. The first-order valence-corrected chi connectivity index (χ1v) is 10.4. The number of nitrogens with one attached hydrogen (secondary N) is 1. The Labute approximate surface area is 160 Å². The van der Waals surface area contributed by atoms with E-state index >= 15 is 0 Å². The zero-order chi connectivity index (χ0) is 18.9. The number of hydrogen-bond donors (Lipinski definition) is 1. The predicted molar refractivity (Wildman–Crippen MR) is 109 cm³/mol. The average Bonchev–Trinajstić information content (AvgIpc) is 2.69. The summed E-state index contributed by atoms with van der Waals surface area (Å²) in [5.74, 6) is -0.0682. The van der Waals surface area contributed by atoms with E-state index in [1.165, 1.54) is 0 Å². The van der Waals surface area contributed by atoms with Gasteiger partial charge in [0.05, 0.1) is 10.9 Å². The summed E-state index contributed by atoms with van der Waals surface area (Å²) in [6.07, 6.45) is 4.16. The smallest absolute Gasteiger partial charge is 0.207 e. The molecule has 136 valence electrons. The minimum Gasteiger partial charge on any atom is -0.207 e. The maximum Gasteiger partial charge on any atom is 0.241 e. The van der Waals surface area contributed by atoms with Gasteiger partial charge in [0.15, 0.2) is 0 Å². The van der Waals surface area contributed by atoms with Gasteiger partial charge < -0.3 is 0 Å². The van der Waals surface area contributed by atoms with Crippen molar-refractivity contribution < 1.29 is 8.42 Å². The topological polar surface area (TPSA) is 46.2 Å². The average molecular weight is 375 g/mol. The summed E-state index contributed by atoms with van der Waals surface area (Å²) in [5.41, 5.74) is 4.15. The molecule has 0 saturated carbocycles. The number of aryl methyl sites for hydroxylation is 1. The molecule has 1 N–H and O–H groups in total. The second kappa shape index (κ2) is 7.14. The minimum absolute atomic E-state index is 0.0682. The molecule has 4 rings (SSSR count).